The molecule has 1 fully saturated rings. The minimum Gasteiger partial charge on any atom is -0.355 e. The predicted octanol–water partition coefficient (Wildman–Crippen LogP) is 4.22. The molecule has 1 aromatic carbocycles. The van der Waals surface area contributed by atoms with Crippen molar-refractivity contribution >= 4 is 22.8 Å². The van der Waals surface area contributed by atoms with Crippen molar-refractivity contribution in [1.29, 1.82) is 0 Å². The highest BCUT2D eigenvalue weighted by Gasteiger charge is 2.27. The normalized spacial score (nSPS) is 20.1. The lowest BCUT2D eigenvalue weighted by atomic mass is 9.92. The summed E-state index contributed by atoms with van der Waals surface area (Å²) in [5.41, 5.74) is 2.39. The van der Waals surface area contributed by atoms with Crippen molar-refractivity contribution in [3.8, 4) is 0 Å². The van der Waals surface area contributed by atoms with E-state index >= 15 is 0 Å². The number of nitrogens with zero attached hydrogens (tertiary/aromatic N) is 4. The summed E-state index contributed by atoms with van der Waals surface area (Å²) in [6, 6.07) is 9.91. The number of hydrogen-bond donors (Lipinski definition) is 1. The molecule has 0 radical (unpaired) electrons. The van der Waals surface area contributed by atoms with E-state index in [1.807, 2.05) is 44.2 Å². The zero-order valence-electron chi connectivity index (χ0n) is 18.8. The Morgan fingerprint density at radius 3 is 2.61 bits per heavy atom. The van der Waals surface area contributed by atoms with E-state index in [-0.39, 0.29) is 11.9 Å². The average molecular weight is 422 g/mol. The van der Waals surface area contributed by atoms with Gasteiger partial charge in [-0.2, -0.15) is 4.98 Å². The molecule has 31 heavy (non-hydrogen) atoms. The first-order chi connectivity index (χ1) is 14.9. The summed E-state index contributed by atoms with van der Waals surface area (Å²) in [7, 11) is 0. The lowest BCUT2D eigenvalue weighted by molar-refractivity contribution is -0.121. The van der Waals surface area contributed by atoms with Gasteiger partial charge in [-0.05, 0) is 37.7 Å². The molecule has 7 heteroatoms. The Morgan fingerprint density at radius 1 is 1.19 bits per heavy atom. The molecule has 0 aliphatic carbocycles. The van der Waals surface area contributed by atoms with Crippen molar-refractivity contribution in [1.82, 2.24) is 20.4 Å². The van der Waals surface area contributed by atoms with E-state index in [2.05, 4.69) is 34.2 Å². The number of aromatic nitrogens is 3. The number of benzene rings is 1. The largest absolute Gasteiger partial charge is 0.355 e. The highest BCUT2D eigenvalue weighted by atomic mass is 16.5. The van der Waals surface area contributed by atoms with Crippen molar-refractivity contribution < 1.29 is 9.32 Å². The number of rotatable bonds is 6. The summed E-state index contributed by atoms with van der Waals surface area (Å²) in [5, 5.41) is 8.05. The number of aryl methyl sites for hydroxylation is 2. The van der Waals surface area contributed by atoms with Gasteiger partial charge in [-0.25, -0.2) is 4.98 Å². The molecule has 3 aromatic rings. The number of hydrogen-bond acceptors (Lipinski definition) is 6. The van der Waals surface area contributed by atoms with Crippen LogP contribution in [0.3, 0.4) is 0 Å². The van der Waals surface area contributed by atoms with Gasteiger partial charge in [0.2, 0.25) is 5.91 Å². The van der Waals surface area contributed by atoms with Crippen LogP contribution in [0.5, 0.6) is 0 Å². The predicted molar refractivity (Wildman–Crippen MR) is 121 cm³/mol. The molecule has 0 spiro atoms. The van der Waals surface area contributed by atoms with Crippen LogP contribution in [0.1, 0.15) is 56.7 Å². The highest BCUT2D eigenvalue weighted by molar-refractivity contribution is 5.88. The molecular formula is C24H31N5O2. The molecule has 7 nitrogen and oxygen atoms in total. The molecule has 0 saturated carbocycles. The third-order valence-corrected chi connectivity index (χ3v) is 5.96. The second-order valence-electron chi connectivity index (χ2n) is 8.96. The molecule has 0 bridgehead atoms. The van der Waals surface area contributed by atoms with Crippen LogP contribution in [0, 0.1) is 18.8 Å². The maximum Gasteiger partial charge on any atom is 0.263 e. The first kappa shape index (κ1) is 21.3. The Balaban J connectivity index is 1.50. The maximum atomic E-state index is 12.5. The quantitative estimate of drug-likeness (QED) is 0.642. The maximum absolute atomic E-state index is 12.5. The number of piperidine rings is 1. The van der Waals surface area contributed by atoms with Gasteiger partial charge < -0.3 is 14.7 Å². The van der Waals surface area contributed by atoms with Crippen LogP contribution in [0.15, 0.2) is 34.9 Å². The van der Waals surface area contributed by atoms with Crippen molar-refractivity contribution in [2.45, 2.75) is 53.0 Å². The Kier molecular flexibility index (Phi) is 6.20. The standard InChI is InChI=1S/C24H31N5O2/c1-15-12-16(2)14-29(13-15)23-22-18(4)28-31-24(22)27-20(26-23)10-11-21(30)25-17(3)19-8-6-5-7-9-19/h5-9,15-17H,10-14H2,1-4H3,(H,25,30)/t15-,16+,17-/m0/s1. The second kappa shape index (κ2) is 9.04. The minimum atomic E-state index is -0.0408. The van der Waals surface area contributed by atoms with Crippen LogP contribution in [0.4, 0.5) is 5.82 Å². The minimum absolute atomic E-state index is 0.0180. The number of carbonyl (C=O) groups excluding carboxylic acids is 1. The van der Waals surface area contributed by atoms with Gasteiger partial charge in [0.05, 0.1) is 11.7 Å². The first-order valence-electron chi connectivity index (χ1n) is 11.1. The monoisotopic (exact) mass is 421 g/mol. The van der Waals surface area contributed by atoms with Gasteiger partial charge in [0, 0.05) is 25.9 Å². The summed E-state index contributed by atoms with van der Waals surface area (Å²) >= 11 is 0. The van der Waals surface area contributed by atoms with Crippen LogP contribution in [0.25, 0.3) is 11.1 Å². The van der Waals surface area contributed by atoms with E-state index in [1.165, 1.54) is 6.42 Å². The fraction of sp³-hybridized carbons (Fsp3) is 0.500. The fourth-order valence-electron chi connectivity index (χ4n) is 4.55. The smallest absolute Gasteiger partial charge is 0.263 e. The van der Waals surface area contributed by atoms with Crippen molar-refractivity contribution in [2.24, 2.45) is 11.8 Å². The van der Waals surface area contributed by atoms with Gasteiger partial charge in [0.1, 0.15) is 17.0 Å². The second-order valence-corrected chi connectivity index (χ2v) is 8.96. The Bertz CT molecular complexity index is 1040. The van der Waals surface area contributed by atoms with Gasteiger partial charge in [-0.3, -0.25) is 4.79 Å². The SMILES string of the molecule is Cc1noc2nc(CCC(=O)N[C@@H](C)c3ccccc3)nc(N3C[C@H](C)C[C@H](C)C3)c12. The van der Waals surface area contributed by atoms with Gasteiger partial charge >= 0.3 is 0 Å². The van der Waals surface area contributed by atoms with E-state index in [4.69, 9.17) is 9.51 Å². The van der Waals surface area contributed by atoms with Gasteiger partial charge in [-0.1, -0.05) is 49.3 Å². The molecule has 164 valence electrons. The molecule has 0 unspecified atom stereocenters. The molecule has 1 saturated heterocycles. The first-order valence-corrected chi connectivity index (χ1v) is 11.1. The molecule has 3 heterocycles. The van der Waals surface area contributed by atoms with Crippen molar-refractivity contribution in [3.05, 3.63) is 47.4 Å². The molecule has 1 aliphatic rings. The van der Waals surface area contributed by atoms with Crippen molar-refractivity contribution in [2.75, 3.05) is 18.0 Å². The van der Waals surface area contributed by atoms with Crippen LogP contribution in [-0.4, -0.2) is 34.1 Å². The van der Waals surface area contributed by atoms with E-state index in [1.54, 1.807) is 0 Å². The van der Waals surface area contributed by atoms with Gasteiger partial charge in [-0.15, -0.1) is 0 Å². The van der Waals surface area contributed by atoms with Gasteiger partial charge in [0.25, 0.3) is 5.71 Å². The Morgan fingerprint density at radius 2 is 1.90 bits per heavy atom. The Hall–Kier alpha value is -2.96. The van der Waals surface area contributed by atoms with E-state index < -0.39 is 0 Å². The molecule has 1 amide bonds. The summed E-state index contributed by atoms with van der Waals surface area (Å²) in [5.74, 6) is 2.68. The molecule has 1 N–H and O–H groups in total. The van der Waals surface area contributed by atoms with E-state index in [0.29, 0.717) is 36.2 Å². The van der Waals surface area contributed by atoms with Gasteiger partial charge in [0.15, 0.2) is 0 Å². The van der Waals surface area contributed by atoms with Crippen LogP contribution in [0.2, 0.25) is 0 Å². The molecule has 2 aromatic heterocycles. The van der Waals surface area contributed by atoms with Crippen LogP contribution in [-0.2, 0) is 11.2 Å². The summed E-state index contributed by atoms with van der Waals surface area (Å²) in [6.45, 7) is 10.4. The molecule has 1 aliphatic heterocycles. The summed E-state index contributed by atoms with van der Waals surface area (Å²) in [4.78, 5) is 24.3. The number of anilines is 1. The molecule has 4 rings (SSSR count). The number of amides is 1. The third-order valence-electron chi connectivity index (χ3n) is 5.96. The number of fused-ring (bicyclic) bond motifs is 1. The lowest BCUT2D eigenvalue weighted by Crippen LogP contribution is -2.39. The fourth-order valence-corrected chi connectivity index (χ4v) is 4.55. The van der Waals surface area contributed by atoms with Crippen LogP contribution >= 0.6 is 0 Å². The van der Waals surface area contributed by atoms with E-state index in [9.17, 15) is 4.79 Å². The topological polar surface area (TPSA) is 84.1 Å². The zero-order chi connectivity index (χ0) is 22.0. The highest BCUT2D eigenvalue weighted by Crippen LogP contribution is 2.32. The van der Waals surface area contributed by atoms with Crippen molar-refractivity contribution in [3.63, 3.8) is 0 Å². The third kappa shape index (κ3) is 4.86. The average Bonchev–Trinajstić information content (AvgIpc) is 3.12. The van der Waals surface area contributed by atoms with E-state index in [0.717, 1.165) is 35.6 Å². The number of carbonyl (C=O) groups is 1. The lowest BCUT2D eigenvalue weighted by Gasteiger charge is -2.36. The number of nitrogens with one attached hydrogen (secondary N) is 1. The summed E-state index contributed by atoms with van der Waals surface area (Å²) < 4.78 is 5.48. The van der Waals surface area contributed by atoms with Crippen LogP contribution < -0.4 is 10.2 Å². The molecule has 3 atom stereocenters. The Labute approximate surface area is 183 Å². The summed E-state index contributed by atoms with van der Waals surface area (Å²) in [6.07, 6.45) is 2.00. The zero-order valence-corrected chi connectivity index (χ0v) is 18.8. The molecular weight excluding hydrogens is 390 g/mol.